The van der Waals surface area contributed by atoms with Gasteiger partial charge in [-0.25, -0.2) is 4.68 Å². The van der Waals surface area contributed by atoms with E-state index in [2.05, 4.69) is 20.4 Å². The quantitative estimate of drug-likeness (QED) is 0.218. The van der Waals surface area contributed by atoms with E-state index in [1.54, 1.807) is 55.6 Å². The van der Waals surface area contributed by atoms with Gasteiger partial charge in [0.05, 0.1) is 18.0 Å². The summed E-state index contributed by atoms with van der Waals surface area (Å²) in [5, 5.41) is 26.2. The molecule has 2 aliphatic rings. The Kier molecular flexibility index (Phi) is 8.33. The number of aliphatic hydroxyl groups is 1. The lowest BCUT2D eigenvalue weighted by atomic mass is 9.76. The lowest BCUT2D eigenvalue weighted by molar-refractivity contribution is -0.198. The number of piperidine rings is 1. The van der Waals surface area contributed by atoms with E-state index in [1.165, 1.54) is 16.8 Å². The number of hydrogen-bond donors (Lipinski definition) is 4. The first kappa shape index (κ1) is 31.3. The van der Waals surface area contributed by atoms with Gasteiger partial charge in [-0.05, 0) is 66.5 Å². The molecule has 14 heteroatoms. The third kappa shape index (κ3) is 6.49. The topological polar surface area (TPSA) is 152 Å². The molecule has 2 fully saturated rings. The van der Waals surface area contributed by atoms with Crippen LogP contribution in [0.4, 0.5) is 24.9 Å². The number of rotatable bonds is 8. The second kappa shape index (κ2) is 12.2. The van der Waals surface area contributed by atoms with Crippen LogP contribution >= 0.6 is 0 Å². The van der Waals surface area contributed by atoms with Crippen LogP contribution in [0.2, 0.25) is 0 Å². The molecule has 0 saturated carbocycles. The summed E-state index contributed by atoms with van der Waals surface area (Å²) < 4.78 is 51.8. The van der Waals surface area contributed by atoms with Crippen molar-refractivity contribution >= 4 is 17.7 Å². The van der Waals surface area contributed by atoms with Crippen molar-refractivity contribution in [2.75, 3.05) is 30.3 Å². The predicted molar refractivity (Wildman–Crippen MR) is 163 cm³/mol. The van der Waals surface area contributed by atoms with Crippen molar-refractivity contribution in [3.05, 3.63) is 77.6 Å². The Labute approximate surface area is 262 Å². The van der Waals surface area contributed by atoms with Gasteiger partial charge >= 0.3 is 12.1 Å². The first-order valence-corrected chi connectivity index (χ1v) is 14.9. The Morgan fingerprint density at radius 3 is 2.43 bits per heavy atom. The fraction of sp³-hybridized carbons (Fsp3) is 0.375. The highest BCUT2D eigenvalue weighted by Gasteiger charge is 2.46. The van der Waals surface area contributed by atoms with Gasteiger partial charge in [0, 0.05) is 37.5 Å². The van der Waals surface area contributed by atoms with Crippen molar-refractivity contribution < 1.29 is 32.9 Å². The predicted octanol–water partition coefficient (Wildman–Crippen LogP) is 4.43. The van der Waals surface area contributed by atoms with Gasteiger partial charge in [-0.1, -0.05) is 30.3 Å². The summed E-state index contributed by atoms with van der Waals surface area (Å²) >= 11 is 0. The van der Waals surface area contributed by atoms with Gasteiger partial charge < -0.3 is 30.9 Å². The van der Waals surface area contributed by atoms with Crippen LogP contribution in [0.3, 0.4) is 0 Å². The molecule has 2 aromatic carbocycles. The molecule has 6 rings (SSSR count). The van der Waals surface area contributed by atoms with Gasteiger partial charge in [-0.2, -0.15) is 28.2 Å². The molecule has 0 amide bonds. The van der Waals surface area contributed by atoms with E-state index in [0.717, 1.165) is 0 Å². The Morgan fingerprint density at radius 1 is 1.11 bits per heavy atom. The molecule has 242 valence electrons. The van der Waals surface area contributed by atoms with Gasteiger partial charge in [-0.15, -0.1) is 0 Å². The van der Waals surface area contributed by atoms with Crippen LogP contribution in [0.15, 0.2) is 60.8 Å². The molecule has 2 aromatic heterocycles. The van der Waals surface area contributed by atoms with E-state index < -0.39 is 24.3 Å². The molecule has 5 N–H and O–H groups in total. The number of halogens is 3. The van der Waals surface area contributed by atoms with Crippen molar-refractivity contribution in [3.63, 3.8) is 0 Å². The number of ether oxygens (including phenoxy) is 1. The van der Waals surface area contributed by atoms with Crippen LogP contribution in [0, 0.1) is 12.3 Å². The molecule has 4 heterocycles. The first-order chi connectivity index (χ1) is 21.9. The largest absolute Gasteiger partial charge is 0.480 e. The van der Waals surface area contributed by atoms with Crippen molar-refractivity contribution in [3.8, 4) is 22.7 Å². The lowest BCUT2D eigenvalue weighted by Gasteiger charge is -2.39. The zero-order chi connectivity index (χ0) is 32.6. The number of nitrogen functional groups attached to an aromatic ring is 1. The number of aromatic nitrogens is 4. The van der Waals surface area contributed by atoms with Crippen LogP contribution in [-0.2, 0) is 11.4 Å². The van der Waals surface area contributed by atoms with Crippen molar-refractivity contribution in [2.45, 2.75) is 51.1 Å². The summed E-state index contributed by atoms with van der Waals surface area (Å²) in [5.41, 5.74) is 8.30. The van der Waals surface area contributed by atoms with Gasteiger partial charge in [-0.3, -0.25) is 4.79 Å². The lowest BCUT2D eigenvalue weighted by Crippen LogP contribution is -2.41. The minimum atomic E-state index is -4.86. The van der Waals surface area contributed by atoms with Crippen molar-refractivity contribution in [1.82, 2.24) is 25.1 Å². The minimum Gasteiger partial charge on any atom is -0.480 e. The number of anilines is 2. The van der Waals surface area contributed by atoms with Crippen LogP contribution < -0.4 is 20.7 Å². The van der Waals surface area contributed by atoms with Crippen LogP contribution in [0.25, 0.3) is 16.8 Å². The van der Waals surface area contributed by atoms with E-state index in [4.69, 9.17) is 10.5 Å². The molecule has 1 spiro atoms. The molecule has 0 radical (unpaired) electrons. The van der Waals surface area contributed by atoms with Crippen LogP contribution in [0.1, 0.15) is 42.2 Å². The second-order valence-corrected chi connectivity index (χ2v) is 12.0. The number of alkyl halides is 3. The molecular weight excluding hydrogens is 603 g/mol. The van der Waals surface area contributed by atoms with Gasteiger partial charge in [0.15, 0.2) is 0 Å². The number of aliphatic carboxylic acids is 1. The molecular formula is C32H34F3N7O4. The highest BCUT2D eigenvalue weighted by Crippen LogP contribution is 2.43. The van der Waals surface area contributed by atoms with Gasteiger partial charge in [0.25, 0.3) is 0 Å². The fourth-order valence-corrected chi connectivity index (χ4v) is 6.27. The summed E-state index contributed by atoms with van der Waals surface area (Å²) in [6.07, 6.45) is -3.81. The molecule has 2 saturated heterocycles. The highest BCUT2D eigenvalue weighted by molar-refractivity contribution is 5.74. The molecule has 2 atom stereocenters. The van der Waals surface area contributed by atoms with E-state index >= 15 is 0 Å². The summed E-state index contributed by atoms with van der Waals surface area (Å²) in [6.45, 7) is 3.22. The number of benzene rings is 2. The smallest absolute Gasteiger partial charge is 0.429 e. The molecule has 0 aliphatic carbocycles. The first-order valence-electron chi connectivity index (χ1n) is 14.9. The van der Waals surface area contributed by atoms with Crippen LogP contribution in [0.5, 0.6) is 5.88 Å². The van der Waals surface area contributed by atoms with Crippen molar-refractivity contribution in [1.29, 1.82) is 0 Å². The van der Waals surface area contributed by atoms with E-state index in [9.17, 15) is 28.2 Å². The molecule has 2 unspecified atom stereocenters. The third-order valence-electron chi connectivity index (χ3n) is 8.80. The number of hydrogen-bond acceptors (Lipinski definition) is 9. The summed E-state index contributed by atoms with van der Waals surface area (Å²) in [5.74, 6) is -1.11. The maximum Gasteiger partial charge on any atom is 0.429 e. The molecule has 46 heavy (non-hydrogen) atoms. The number of nitrogens with two attached hydrogens (primary N) is 1. The maximum absolute atomic E-state index is 14.9. The number of nitrogens with zero attached hydrogens (tertiary/aromatic N) is 5. The van der Waals surface area contributed by atoms with Crippen LogP contribution in [-0.4, -0.2) is 67.8 Å². The highest BCUT2D eigenvalue weighted by atomic mass is 19.4. The third-order valence-corrected chi connectivity index (χ3v) is 8.80. The number of carboxylic acid groups (broad SMARTS) is 1. The van der Waals surface area contributed by atoms with E-state index in [1.807, 2.05) is 4.90 Å². The normalized spacial score (nSPS) is 18.5. The Bertz CT molecular complexity index is 1720. The Morgan fingerprint density at radius 2 is 1.83 bits per heavy atom. The zero-order valence-corrected chi connectivity index (χ0v) is 25.0. The zero-order valence-electron chi connectivity index (χ0n) is 25.0. The van der Waals surface area contributed by atoms with Gasteiger partial charge in [0.1, 0.15) is 11.9 Å². The minimum absolute atomic E-state index is 0.155. The number of nitrogens with one attached hydrogen (secondary N) is 1. The average Bonchev–Trinajstić information content (AvgIpc) is 3.66. The van der Waals surface area contributed by atoms with E-state index in [-0.39, 0.29) is 35.1 Å². The standard InChI is InChI=1S/C32H34F3N7O4/c1-19-8-11-42(40-19)25-7-6-22(21-4-2-20(17-43)3-5-21)14-23(25)28(32(33,34)35)46-27-15-26(38-30(36)39-27)41-12-9-31(10-13-41)16-24(29(44)45)37-18-31/h2-8,11,14-15,24,28,37,43H,9-10,12-13,16-18H2,1H3,(H,44,45)(H2,36,38,39). The number of carboxylic acids is 1. The van der Waals surface area contributed by atoms with Crippen molar-refractivity contribution in [2.24, 2.45) is 5.41 Å². The maximum atomic E-state index is 14.9. The summed E-state index contributed by atoms with van der Waals surface area (Å²) in [4.78, 5) is 21.7. The number of aryl methyl sites for hydroxylation is 1. The molecule has 2 aliphatic heterocycles. The average molecular weight is 638 g/mol. The molecule has 0 bridgehead atoms. The number of carbonyl (C=O) groups is 1. The van der Waals surface area contributed by atoms with Gasteiger partial charge in [0.2, 0.25) is 17.9 Å². The Hall–Kier alpha value is -4.69. The molecule has 11 nitrogen and oxygen atoms in total. The SMILES string of the molecule is Cc1ccn(-c2ccc(-c3ccc(CO)cc3)cc2C(Oc2cc(N3CCC4(CC3)CNC(C(=O)O)C4)nc(N)n2)C(F)(F)F)n1. The summed E-state index contributed by atoms with van der Waals surface area (Å²) in [7, 11) is 0. The second-order valence-electron chi connectivity index (χ2n) is 12.0. The summed E-state index contributed by atoms with van der Waals surface area (Å²) in [6, 6.07) is 14.0. The number of aliphatic hydroxyl groups excluding tert-OH is 1. The Balaban J connectivity index is 1.32. The molecule has 4 aromatic rings. The fourth-order valence-electron chi connectivity index (χ4n) is 6.27. The van der Waals surface area contributed by atoms with E-state index in [0.29, 0.717) is 67.1 Å². The monoisotopic (exact) mass is 637 g/mol.